The fourth-order valence-electron chi connectivity index (χ4n) is 1.28. The lowest BCUT2D eigenvalue weighted by Gasteiger charge is -2.06. The van der Waals surface area contributed by atoms with Crippen LogP contribution in [0.25, 0.3) is 0 Å². The lowest BCUT2D eigenvalue weighted by atomic mass is 10.2. The van der Waals surface area contributed by atoms with Gasteiger partial charge in [0, 0.05) is 6.20 Å². The molecule has 0 saturated heterocycles. The SMILES string of the molecule is Nc1ccc(F)cc1NC(=O)c1c[nH]c(=O)[nH]1. The van der Waals surface area contributed by atoms with Gasteiger partial charge in [0.2, 0.25) is 0 Å². The number of nitrogens with two attached hydrogens (primary N) is 1. The Hall–Kier alpha value is -2.57. The van der Waals surface area contributed by atoms with Gasteiger partial charge < -0.3 is 21.0 Å². The summed E-state index contributed by atoms with van der Waals surface area (Å²) in [4.78, 5) is 27.0. The molecule has 1 aromatic carbocycles. The molecule has 0 bridgehead atoms. The van der Waals surface area contributed by atoms with Gasteiger partial charge in [-0.25, -0.2) is 9.18 Å². The summed E-state index contributed by atoms with van der Waals surface area (Å²) in [6.45, 7) is 0. The van der Waals surface area contributed by atoms with Gasteiger partial charge in [-0.2, -0.15) is 0 Å². The summed E-state index contributed by atoms with van der Waals surface area (Å²) < 4.78 is 12.9. The second-order valence-corrected chi connectivity index (χ2v) is 3.34. The van der Waals surface area contributed by atoms with Crippen molar-refractivity contribution in [3.05, 3.63) is 46.4 Å². The molecule has 17 heavy (non-hydrogen) atoms. The minimum absolute atomic E-state index is 0.0404. The highest BCUT2D eigenvalue weighted by Crippen LogP contribution is 2.19. The molecule has 1 aromatic heterocycles. The van der Waals surface area contributed by atoms with Crippen LogP contribution in [0.1, 0.15) is 10.5 Å². The zero-order chi connectivity index (χ0) is 12.4. The van der Waals surface area contributed by atoms with Crippen LogP contribution in [0, 0.1) is 5.82 Å². The van der Waals surface area contributed by atoms with E-state index in [0.717, 1.165) is 6.07 Å². The van der Waals surface area contributed by atoms with E-state index in [1.165, 1.54) is 18.3 Å². The Morgan fingerprint density at radius 2 is 2.18 bits per heavy atom. The number of nitrogen functional groups attached to an aromatic ring is 1. The Bertz CT molecular complexity index is 617. The van der Waals surface area contributed by atoms with E-state index in [4.69, 9.17) is 5.73 Å². The Balaban J connectivity index is 2.24. The summed E-state index contributed by atoms with van der Waals surface area (Å²) >= 11 is 0. The molecule has 1 heterocycles. The van der Waals surface area contributed by atoms with Crippen LogP contribution in [0.3, 0.4) is 0 Å². The minimum Gasteiger partial charge on any atom is -0.397 e. The molecule has 0 saturated carbocycles. The molecule has 0 atom stereocenters. The molecule has 0 aliphatic carbocycles. The Morgan fingerprint density at radius 1 is 1.41 bits per heavy atom. The van der Waals surface area contributed by atoms with Crippen LogP contribution in [0.5, 0.6) is 0 Å². The Morgan fingerprint density at radius 3 is 2.82 bits per heavy atom. The maximum atomic E-state index is 12.9. The zero-order valence-electron chi connectivity index (χ0n) is 8.58. The number of aromatic amines is 2. The van der Waals surface area contributed by atoms with Crippen molar-refractivity contribution in [2.75, 3.05) is 11.1 Å². The molecule has 0 unspecified atom stereocenters. The van der Waals surface area contributed by atoms with Gasteiger partial charge in [0.05, 0.1) is 11.4 Å². The van der Waals surface area contributed by atoms with Crippen LogP contribution in [-0.4, -0.2) is 15.9 Å². The number of amides is 1. The third-order valence-electron chi connectivity index (χ3n) is 2.10. The van der Waals surface area contributed by atoms with E-state index >= 15 is 0 Å². The van der Waals surface area contributed by atoms with E-state index < -0.39 is 17.4 Å². The summed E-state index contributed by atoms with van der Waals surface area (Å²) in [5, 5.41) is 2.39. The van der Waals surface area contributed by atoms with Crippen LogP contribution >= 0.6 is 0 Å². The lowest BCUT2D eigenvalue weighted by molar-refractivity contribution is 0.102. The standard InChI is InChI=1S/C10H9FN4O2/c11-5-1-2-6(12)7(3-5)14-9(16)8-4-13-10(17)15-8/h1-4H,12H2,(H,14,16)(H2,13,15,17). The van der Waals surface area contributed by atoms with Gasteiger partial charge in [-0.1, -0.05) is 0 Å². The van der Waals surface area contributed by atoms with Gasteiger partial charge in [0.1, 0.15) is 11.5 Å². The molecule has 5 N–H and O–H groups in total. The molecule has 88 valence electrons. The quantitative estimate of drug-likeness (QED) is 0.576. The van der Waals surface area contributed by atoms with Crippen LogP contribution < -0.4 is 16.7 Å². The molecule has 0 radical (unpaired) electrons. The molecule has 2 rings (SSSR count). The molecule has 0 fully saturated rings. The van der Waals surface area contributed by atoms with Crippen molar-refractivity contribution in [3.8, 4) is 0 Å². The zero-order valence-corrected chi connectivity index (χ0v) is 8.58. The third kappa shape index (κ3) is 2.33. The number of benzene rings is 1. The average molecular weight is 236 g/mol. The van der Waals surface area contributed by atoms with Crippen molar-refractivity contribution >= 4 is 17.3 Å². The fraction of sp³-hybridized carbons (Fsp3) is 0. The van der Waals surface area contributed by atoms with E-state index in [0.29, 0.717) is 0 Å². The number of imidazole rings is 1. The van der Waals surface area contributed by atoms with Crippen LogP contribution in [0.4, 0.5) is 15.8 Å². The number of halogens is 1. The summed E-state index contributed by atoms with van der Waals surface area (Å²) in [7, 11) is 0. The van der Waals surface area contributed by atoms with E-state index in [2.05, 4.69) is 15.3 Å². The fourth-order valence-corrected chi connectivity index (χ4v) is 1.28. The lowest BCUT2D eigenvalue weighted by Crippen LogP contribution is -2.15. The van der Waals surface area contributed by atoms with Gasteiger partial charge in [-0.05, 0) is 18.2 Å². The van der Waals surface area contributed by atoms with Crippen molar-refractivity contribution in [1.29, 1.82) is 0 Å². The number of carbonyl (C=O) groups excluding carboxylic acids is 1. The van der Waals surface area contributed by atoms with Crippen molar-refractivity contribution in [1.82, 2.24) is 9.97 Å². The number of anilines is 2. The van der Waals surface area contributed by atoms with Crippen LogP contribution in [0.2, 0.25) is 0 Å². The number of hydrogen-bond acceptors (Lipinski definition) is 3. The van der Waals surface area contributed by atoms with Gasteiger partial charge >= 0.3 is 5.69 Å². The topological polar surface area (TPSA) is 104 Å². The number of carbonyl (C=O) groups is 1. The molecule has 2 aromatic rings. The number of aromatic nitrogens is 2. The first-order chi connectivity index (χ1) is 8.06. The molecule has 0 spiro atoms. The molecule has 1 amide bonds. The first-order valence-electron chi connectivity index (χ1n) is 4.70. The number of hydrogen-bond donors (Lipinski definition) is 4. The molecule has 7 heteroatoms. The summed E-state index contributed by atoms with van der Waals surface area (Å²) in [5.41, 5.74) is 5.49. The highest BCUT2D eigenvalue weighted by Gasteiger charge is 2.10. The van der Waals surface area contributed by atoms with E-state index in [1.807, 2.05) is 0 Å². The van der Waals surface area contributed by atoms with Crippen molar-refractivity contribution in [2.24, 2.45) is 0 Å². The number of nitrogens with one attached hydrogen (secondary N) is 3. The van der Waals surface area contributed by atoms with E-state index in [-0.39, 0.29) is 17.1 Å². The average Bonchev–Trinajstić information content (AvgIpc) is 2.70. The third-order valence-corrected chi connectivity index (χ3v) is 2.10. The second-order valence-electron chi connectivity index (χ2n) is 3.34. The number of rotatable bonds is 2. The van der Waals surface area contributed by atoms with E-state index in [9.17, 15) is 14.0 Å². The van der Waals surface area contributed by atoms with Crippen molar-refractivity contribution in [3.63, 3.8) is 0 Å². The molecular formula is C10H9FN4O2. The predicted octanol–water partition coefficient (Wildman–Crippen LogP) is 0.677. The normalized spacial score (nSPS) is 10.2. The maximum Gasteiger partial charge on any atom is 0.323 e. The minimum atomic E-state index is -0.583. The number of H-pyrrole nitrogens is 2. The predicted molar refractivity (Wildman–Crippen MR) is 60.2 cm³/mol. The summed E-state index contributed by atoms with van der Waals surface area (Å²) in [6.07, 6.45) is 1.22. The first kappa shape index (κ1) is 10.9. The molecular weight excluding hydrogens is 227 g/mol. The van der Waals surface area contributed by atoms with E-state index in [1.54, 1.807) is 0 Å². The monoisotopic (exact) mass is 236 g/mol. The highest BCUT2D eigenvalue weighted by atomic mass is 19.1. The van der Waals surface area contributed by atoms with Gasteiger partial charge in [0.25, 0.3) is 5.91 Å². The largest absolute Gasteiger partial charge is 0.397 e. The van der Waals surface area contributed by atoms with Crippen LogP contribution in [0.15, 0.2) is 29.2 Å². The first-order valence-corrected chi connectivity index (χ1v) is 4.70. The highest BCUT2D eigenvalue weighted by molar-refractivity contribution is 6.04. The van der Waals surface area contributed by atoms with Gasteiger partial charge in [-0.3, -0.25) is 4.79 Å². The van der Waals surface area contributed by atoms with Crippen molar-refractivity contribution < 1.29 is 9.18 Å². The molecule has 0 aliphatic heterocycles. The molecule has 0 aliphatic rings. The smallest absolute Gasteiger partial charge is 0.323 e. The Labute approximate surface area is 94.7 Å². The molecule has 6 nitrogen and oxygen atoms in total. The Kier molecular flexibility index (Phi) is 2.65. The summed E-state index contributed by atoms with van der Waals surface area (Å²) in [6, 6.07) is 3.62. The maximum absolute atomic E-state index is 12.9. The van der Waals surface area contributed by atoms with Gasteiger partial charge in [-0.15, -0.1) is 0 Å². The van der Waals surface area contributed by atoms with Crippen molar-refractivity contribution in [2.45, 2.75) is 0 Å². The van der Waals surface area contributed by atoms with Crippen LogP contribution in [-0.2, 0) is 0 Å². The second kappa shape index (κ2) is 4.12. The summed E-state index contributed by atoms with van der Waals surface area (Å²) in [5.74, 6) is -1.10. The van der Waals surface area contributed by atoms with Gasteiger partial charge in [0.15, 0.2) is 0 Å².